The van der Waals surface area contributed by atoms with Gasteiger partial charge in [-0.1, -0.05) is 36.1 Å². The van der Waals surface area contributed by atoms with Crippen molar-refractivity contribution in [2.75, 3.05) is 20.3 Å². The van der Waals surface area contributed by atoms with E-state index in [2.05, 4.69) is 5.32 Å². The van der Waals surface area contributed by atoms with Crippen molar-refractivity contribution in [1.82, 2.24) is 5.32 Å². The predicted octanol–water partition coefficient (Wildman–Crippen LogP) is 3.55. The number of non-ortho nitro benzene ring substituents is 1. The summed E-state index contributed by atoms with van der Waals surface area (Å²) in [6, 6.07) is 11.4. The number of rotatable bonds is 8. The molecule has 2 aromatic carbocycles. The van der Waals surface area contributed by atoms with Gasteiger partial charge in [0, 0.05) is 17.7 Å². The fourth-order valence-corrected chi connectivity index (χ4v) is 3.53. The number of methoxy groups -OCH3 is 1. The van der Waals surface area contributed by atoms with Gasteiger partial charge in [0.2, 0.25) is 0 Å². The van der Waals surface area contributed by atoms with Gasteiger partial charge in [0.15, 0.2) is 11.5 Å². The Morgan fingerprint density at radius 1 is 1.14 bits per heavy atom. The van der Waals surface area contributed by atoms with Crippen molar-refractivity contribution in [1.29, 1.82) is 0 Å². The number of nitrogens with zero attached hydrogens (tertiary/aromatic N) is 1. The average Bonchev–Trinajstić information content (AvgIpc) is 3.03. The smallest absolute Gasteiger partial charge is 0.270 e. The molecule has 0 aromatic heterocycles. The summed E-state index contributed by atoms with van der Waals surface area (Å²) < 4.78 is 16.9. The quantitative estimate of drug-likeness (QED) is 0.222. The Morgan fingerprint density at radius 2 is 1.83 bits per heavy atom. The summed E-state index contributed by atoms with van der Waals surface area (Å²) in [7, 11) is 1.55. The number of nitro groups is 1. The van der Waals surface area contributed by atoms with Gasteiger partial charge >= 0.3 is 0 Å². The topological polar surface area (TPSA) is 99.9 Å². The van der Waals surface area contributed by atoms with Crippen molar-refractivity contribution in [3.8, 4) is 17.2 Å². The van der Waals surface area contributed by atoms with Crippen LogP contribution in [0.4, 0.5) is 5.69 Å². The number of carbonyl (C=O) groups is 1. The summed E-state index contributed by atoms with van der Waals surface area (Å²) in [5.74, 6) is 1.22. The van der Waals surface area contributed by atoms with Gasteiger partial charge in [-0.05, 0) is 24.3 Å². The largest absolute Gasteiger partial charge is 0.493 e. The molecule has 1 amide bonds. The number of ether oxygens (including phenoxy) is 3. The van der Waals surface area contributed by atoms with E-state index in [1.165, 1.54) is 24.3 Å². The molecular formula is C19H16N2O6S2. The molecule has 29 heavy (non-hydrogen) atoms. The molecule has 1 N–H and O–H groups in total. The second-order valence-electron chi connectivity index (χ2n) is 5.68. The van der Waals surface area contributed by atoms with Crippen LogP contribution in [0, 0.1) is 10.1 Å². The molecule has 2 aromatic rings. The Balaban J connectivity index is 1.73. The van der Waals surface area contributed by atoms with Crippen LogP contribution in [-0.4, -0.2) is 35.5 Å². The highest BCUT2D eigenvalue weighted by Crippen LogP contribution is 2.32. The van der Waals surface area contributed by atoms with Gasteiger partial charge in [-0.2, -0.15) is 0 Å². The number of thiocarbonyl (C=S) groups is 1. The van der Waals surface area contributed by atoms with Gasteiger partial charge in [-0.3, -0.25) is 14.9 Å². The van der Waals surface area contributed by atoms with Gasteiger partial charge in [0.05, 0.1) is 16.9 Å². The van der Waals surface area contributed by atoms with Crippen LogP contribution in [-0.2, 0) is 4.79 Å². The number of hydrogen-bond acceptors (Lipinski definition) is 8. The second-order valence-corrected chi connectivity index (χ2v) is 7.40. The molecule has 8 nitrogen and oxygen atoms in total. The molecule has 1 fully saturated rings. The number of benzene rings is 2. The number of nitro benzene ring substituents is 1. The van der Waals surface area contributed by atoms with Crippen molar-refractivity contribution < 1.29 is 23.9 Å². The van der Waals surface area contributed by atoms with Crippen molar-refractivity contribution in [2.45, 2.75) is 0 Å². The Morgan fingerprint density at radius 3 is 2.45 bits per heavy atom. The average molecular weight is 432 g/mol. The third-order valence-corrected chi connectivity index (χ3v) is 4.96. The number of hydrogen-bond donors (Lipinski definition) is 1. The van der Waals surface area contributed by atoms with Crippen molar-refractivity contribution >= 4 is 46.0 Å². The summed E-state index contributed by atoms with van der Waals surface area (Å²) >= 11 is 6.06. The van der Waals surface area contributed by atoms with Crippen LogP contribution < -0.4 is 19.5 Å². The number of thioether (sulfide) groups is 1. The van der Waals surface area contributed by atoms with E-state index < -0.39 is 4.92 Å². The van der Waals surface area contributed by atoms with E-state index >= 15 is 0 Å². The van der Waals surface area contributed by atoms with Crippen molar-refractivity contribution in [3.05, 3.63) is 63.0 Å². The highest BCUT2D eigenvalue weighted by molar-refractivity contribution is 8.26. The molecule has 1 aliphatic heterocycles. The Hall–Kier alpha value is -3.11. The lowest BCUT2D eigenvalue weighted by molar-refractivity contribution is -0.384. The van der Waals surface area contributed by atoms with Crippen LogP contribution in [0.2, 0.25) is 0 Å². The number of amides is 1. The highest BCUT2D eigenvalue weighted by Gasteiger charge is 2.23. The summed E-state index contributed by atoms with van der Waals surface area (Å²) in [5, 5.41) is 13.6. The van der Waals surface area contributed by atoms with E-state index in [1.807, 2.05) is 12.1 Å². The molecule has 3 rings (SSSR count). The van der Waals surface area contributed by atoms with Gasteiger partial charge in [-0.15, -0.1) is 0 Å². The van der Waals surface area contributed by atoms with Crippen LogP contribution >= 0.6 is 24.0 Å². The number of carbonyl (C=O) groups excluding carboxylic acids is 1. The fourth-order valence-electron chi connectivity index (χ4n) is 2.50. The van der Waals surface area contributed by atoms with Crippen molar-refractivity contribution in [3.63, 3.8) is 0 Å². The van der Waals surface area contributed by atoms with Crippen molar-refractivity contribution in [2.24, 2.45) is 0 Å². The van der Waals surface area contributed by atoms with Crippen LogP contribution in [0.25, 0.3) is 6.08 Å². The minimum absolute atomic E-state index is 0.111. The Labute approximate surface area is 176 Å². The summed E-state index contributed by atoms with van der Waals surface area (Å²) in [5.41, 5.74) is 0.291. The molecule has 0 unspecified atom stereocenters. The Kier molecular flexibility index (Phi) is 6.68. The van der Waals surface area contributed by atoms with E-state index in [0.29, 0.717) is 32.0 Å². The lowest BCUT2D eigenvalue weighted by Gasteiger charge is -2.12. The first-order valence-corrected chi connectivity index (χ1v) is 9.62. The molecular weight excluding hydrogens is 416 g/mol. The Bertz CT molecular complexity index is 992. The number of nitrogens with one attached hydrogen (secondary N) is 1. The molecule has 0 radical (unpaired) electrons. The maximum absolute atomic E-state index is 11.9. The van der Waals surface area contributed by atoms with E-state index in [4.69, 9.17) is 26.4 Å². The minimum Gasteiger partial charge on any atom is -0.493 e. The monoisotopic (exact) mass is 432 g/mol. The predicted molar refractivity (Wildman–Crippen MR) is 113 cm³/mol. The summed E-state index contributed by atoms with van der Waals surface area (Å²) in [6.45, 7) is 0.413. The molecule has 0 spiro atoms. The summed E-state index contributed by atoms with van der Waals surface area (Å²) in [4.78, 5) is 22.8. The van der Waals surface area contributed by atoms with E-state index in [0.717, 1.165) is 11.8 Å². The molecule has 0 bridgehead atoms. The van der Waals surface area contributed by atoms with E-state index in [-0.39, 0.29) is 24.8 Å². The first kappa shape index (κ1) is 20.6. The maximum atomic E-state index is 11.9. The van der Waals surface area contributed by atoms with Crippen LogP contribution in [0.3, 0.4) is 0 Å². The fraction of sp³-hybridized carbons (Fsp3) is 0.158. The molecule has 1 aliphatic rings. The lowest BCUT2D eigenvalue weighted by Crippen LogP contribution is -2.17. The van der Waals surface area contributed by atoms with Gasteiger partial charge in [0.25, 0.3) is 11.6 Å². The van der Waals surface area contributed by atoms with E-state index in [9.17, 15) is 14.9 Å². The zero-order chi connectivity index (χ0) is 20.8. The molecule has 10 heteroatoms. The maximum Gasteiger partial charge on any atom is 0.270 e. The zero-order valence-electron chi connectivity index (χ0n) is 15.2. The van der Waals surface area contributed by atoms with Gasteiger partial charge in [0.1, 0.15) is 23.3 Å². The minimum atomic E-state index is -0.511. The van der Waals surface area contributed by atoms with E-state index in [1.54, 1.807) is 19.2 Å². The first-order valence-electron chi connectivity index (χ1n) is 8.40. The molecule has 0 aliphatic carbocycles. The third kappa shape index (κ3) is 5.24. The number of para-hydroxylation sites is 2. The molecule has 1 saturated heterocycles. The molecule has 0 atom stereocenters. The zero-order valence-corrected chi connectivity index (χ0v) is 16.9. The van der Waals surface area contributed by atoms with Crippen LogP contribution in [0.1, 0.15) is 5.56 Å². The second kappa shape index (κ2) is 9.39. The van der Waals surface area contributed by atoms with Gasteiger partial charge < -0.3 is 19.5 Å². The molecule has 1 heterocycles. The van der Waals surface area contributed by atoms with Crippen LogP contribution in [0.15, 0.2) is 47.4 Å². The van der Waals surface area contributed by atoms with Crippen LogP contribution in [0.5, 0.6) is 17.2 Å². The molecule has 150 valence electrons. The highest BCUT2D eigenvalue weighted by atomic mass is 32.2. The third-order valence-electron chi connectivity index (χ3n) is 3.80. The summed E-state index contributed by atoms with van der Waals surface area (Å²) in [6.07, 6.45) is 1.52. The lowest BCUT2D eigenvalue weighted by atomic mass is 10.1. The van der Waals surface area contributed by atoms with Gasteiger partial charge in [-0.25, -0.2) is 0 Å². The SMILES string of the molecule is COc1ccccc1OCCOc1ccc([N+](=O)[O-])cc1/C=C1/SC(=S)NC1=O. The first-order chi connectivity index (χ1) is 14.0. The molecule has 0 saturated carbocycles. The normalized spacial score (nSPS) is 14.6. The standard InChI is InChI=1S/C19H16N2O6S2/c1-25-15-4-2-3-5-16(15)27-9-8-26-14-7-6-13(21(23)24)10-12(14)11-17-18(22)20-19(28)29-17/h2-7,10-11H,8-9H2,1H3,(H,20,22,28)/b17-11+.